The number of fused-ring (bicyclic) bond motifs is 1. The zero-order valence-corrected chi connectivity index (χ0v) is 15.0. The molecule has 0 unspecified atom stereocenters. The number of hydrogen-bond acceptors (Lipinski definition) is 5. The topological polar surface area (TPSA) is 30.3 Å². The quantitative estimate of drug-likeness (QED) is 0.713. The maximum Gasteiger partial charge on any atom is 0.135 e. The number of thiophene rings is 2. The molecule has 0 aromatic carbocycles. The first-order valence-electron chi connectivity index (χ1n) is 8.26. The van der Waals surface area contributed by atoms with Crippen LogP contribution >= 0.6 is 22.7 Å². The molecule has 3 aromatic heterocycles. The Morgan fingerprint density at radius 2 is 2.08 bits per heavy atom. The van der Waals surface area contributed by atoms with Crippen LogP contribution in [0.15, 0.2) is 39.8 Å². The molecule has 3 aromatic rings. The number of nitrogens with zero attached hydrogens (tertiary/aromatic N) is 3. The average molecular weight is 358 g/mol. The second-order valence-corrected chi connectivity index (χ2v) is 8.28. The van der Waals surface area contributed by atoms with Crippen molar-refractivity contribution in [2.45, 2.75) is 31.7 Å². The Bertz CT molecular complexity index is 825. The molecule has 0 saturated carbocycles. The minimum Gasteiger partial charge on any atom is -0.364 e. The number of hydrogen-bond donors (Lipinski definition) is 0. The van der Waals surface area contributed by atoms with Crippen LogP contribution in [-0.4, -0.2) is 33.1 Å². The molecule has 1 atom stereocenters. The SMILES string of the molecule is c1cc(CN2CC[C@]3(C2)Cn2c(-c4ccsc4)cnc2CO3)cs1. The third-order valence-corrected chi connectivity index (χ3v) is 6.51. The Labute approximate surface area is 149 Å². The van der Waals surface area contributed by atoms with Crippen molar-refractivity contribution >= 4 is 22.7 Å². The fraction of sp³-hybridized carbons (Fsp3) is 0.389. The first kappa shape index (κ1) is 14.8. The number of ether oxygens (including phenoxy) is 1. The van der Waals surface area contributed by atoms with Crippen molar-refractivity contribution < 1.29 is 4.74 Å². The predicted molar refractivity (Wildman–Crippen MR) is 97.3 cm³/mol. The van der Waals surface area contributed by atoms with Gasteiger partial charge in [0, 0.05) is 30.6 Å². The largest absolute Gasteiger partial charge is 0.364 e. The van der Waals surface area contributed by atoms with Crippen LogP contribution in [0.4, 0.5) is 0 Å². The highest BCUT2D eigenvalue weighted by atomic mass is 32.1. The van der Waals surface area contributed by atoms with Crippen LogP contribution in [0.1, 0.15) is 17.8 Å². The molecule has 2 aliphatic heterocycles. The van der Waals surface area contributed by atoms with Crippen LogP contribution in [0.5, 0.6) is 0 Å². The van der Waals surface area contributed by atoms with Crippen LogP contribution < -0.4 is 0 Å². The molecular formula is C18H19N3OS2. The molecule has 0 bridgehead atoms. The predicted octanol–water partition coefficient (Wildman–Crippen LogP) is 3.85. The van der Waals surface area contributed by atoms with Gasteiger partial charge in [0.1, 0.15) is 18.0 Å². The van der Waals surface area contributed by atoms with E-state index in [9.17, 15) is 0 Å². The van der Waals surface area contributed by atoms with E-state index in [1.165, 1.54) is 16.8 Å². The average Bonchev–Trinajstić information content (AvgIpc) is 3.35. The zero-order chi connectivity index (χ0) is 16.0. The molecule has 4 nitrogen and oxygen atoms in total. The van der Waals surface area contributed by atoms with Crippen molar-refractivity contribution in [1.82, 2.24) is 14.5 Å². The lowest BCUT2D eigenvalue weighted by atomic mass is 10.0. The molecule has 6 heteroatoms. The highest BCUT2D eigenvalue weighted by Gasteiger charge is 2.43. The molecule has 24 heavy (non-hydrogen) atoms. The Balaban J connectivity index is 1.38. The molecular weight excluding hydrogens is 338 g/mol. The molecule has 0 radical (unpaired) electrons. The second kappa shape index (κ2) is 5.81. The monoisotopic (exact) mass is 357 g/mol. The maximum absolute atomic E-state index is 6.31. The number of aromatic nitrogens is 2. The maximum atomic E-state index is 6.31. The lowest BCUT2D eigenvalue weighted by molar-refractivity contribution is -0.0821. The fourth-order valence-corrected chi connectivity index (χ4v) is 5.16. The normalized spacial score (nSPS) is 23.8. The summed E-state index contributed by atoms with van der Waals surface area (Å²) in [6, 6.07) is 4.40. The van der Waals surface area contributed by atoms with E-state index in [-0.39, 0.29) is 5.60 Å². The van der Waals surface area contributed by atoms with Crippen LogP contribution in [0, 0.1) is 0 Å². The van der Waals surface area contributed by atoms with E-state index < -0.39 is 0 Å². The molecule has 0 N–H and O–H groups in total. The first-order chi connectivity index (χ1) is 11.8. The Morgan fingerprint density at radius 1 is 1.17 bits per heavy atom. The van der Waals surface area contributed by atoms with E-state index in [2.05, 4.69) is 48.1 Å². The van der Waals surface area contributed by atoms with Gasteiger partial charge in [-0.25, -0.2) is 4.98 Å². The van der Waals surface area contributed by atoms with Gasteiger partial charge in [-0.15, -0.1) is 0 Å². The molecule has 1 spiro atoms. The lowest BCUT2D eigenvalue weighted by Crippen LogP contribution is -2.44. The van der Waals surface area contributed by atoms with Crippen LogP contribution in [0.3, 0.4) is 0 Å². The third kappa shape index (κ3) is 2.54. The van der Waals surface area contributed by atoms with Crippen LogP contribution in [-0.2, 0) is 24.4 Å². The molecule has 5 heterocycles. The van der Waals surface area contributed by atoms with Gasteiger partial charge in [-0.3, -0.25) is 4.90 Å². The van der Waals surface area contributed by atoms with Crippen LogP contribution in [0.25, 0.3) is 11.3 Å². The van der Waals surface area contributed by atoms with Gasteiger partial charge in [0.05, 0.1) is 18.4 Å². The van der Waals surface area contributed by atoms with Crippen molar-refractivity contribution in [2.24, 2.45) is 0 Å². The summed E-state index contributed by atoms with van der Waals surface area (Å²) in [4.78, 5) is 7.10. The third-order valence-electron chi connectivity index (χ3n) is 5.09. The highest BCUT2D eigenvalue weighted by molar-refractivity contribution is 7.08. The highest BCUT2D eigenvalue weighted by Crippen LogP contribution is 2.36. The standard InChI is InChI=1S/C18H19N3OS2/c1-5-23-10-14(1)8-20-4-3-18(12-20)13-21-16(15-2-6-24-11-15)7-19-17(21)9-22-18/h1-2,5-7,10-11H,3-4,8-9,12-13H2/t18-/m0/s1. The molecule has 1 fully saturated rings. The van der Waals surface area contributed by atoms with E-state index >= 15 is 0 Å². The van der Waals surface area contributed by atoms with Gasteiger partial charge in [-0.1, -0.05) is 0 Å². The summed E-state index contributed by atoms with van der Waals surface area (Å²) in [6.07, 6.45) is 3.09. The van der Waals surface area contributed by atoms with Gasteiger partial charge in [0.2, 0.25) is 0 Å². The van der Waals surface area contributed by atoms with E-state index in [0.29, 0.717) is 6.61 Å². The molecule has 0 amide bonds. The fourth-order valence-electron chi connectivity index (χ4n) is 3.85. The van der Waals surface area contributed by atoms with Gasteiger partial charge in [0.25, 0.3) is 0 Å². The minimum absolute atomic E-state index is 0.0610. The van der Waals surface area contributed by atoms with Crippen molar-refractivity contribution in [1.29, 1.82) is 0 Å². The number of imidazole rings is 1. The van der Waals surface area contributed by atoms with Gasteiger partial charge in [0.15, 0.2) is 0 Å². The molecule has 2 aliphatic rings. The van der Waals surface area contributed by atoms with E-state index in [0.717, 1.165) is 38.4 Å². The summed E-state index contributed by atoms with van der Waals surface area (Å²) in [5.74, 6) is 1.05. The van der Waals surface area contributed by atoms with Gasteiger partial charge in [-0.05, 0) is 40.3 Å². The van der Waals surface area contributed by atoms with Gasteiger partial charge >= 0.3 is 0 Å². The number of likely N-dealkylation sites (tertiary alicyclic amines) is 1. The lowest BCUT2D eigenvalue weighted by Gasteiger charge is -2.35. The van der Waals surface area contributed by atoms with Gasteiger partial charge in [-0.2, -0.15) is 22.7 Å². The van der Waals surface area contributed by atoms with Crippen molar-refractivity contribution in [2.75, 3.05) is 13.1 Å². The van der Waals surface area contributed by atoms with Crippen molar-refractivity contribution in [3.8, 4) is 11.3 Å². The van der Waals surface area contributed by atoms with E-state index in [1.807, 2.05) is 6.20 Å². The molecule has 124 valence electrons. The summed E-state index contributed by atoms with van der Waals surface area (Å²) in [7, 11) is 0. The summed E-state index contributed by atoms with van der Waals surface area (Å²) >= 11 is 3.51. The Hall–Kier alpha value is -1.47. The summed E-state index contributed by atoms with van der Waals surface area (Å²) in [6.45, 7) is 4.67. The molecule has 0 aliphatic carbocycles. The first-order valence-corrected chi connectivity index (χ1v) is 10.1. The molecule has 5 rings (SSSR count). The minimum atomic E-state index is -0.0610. The summed E-state index contributed by atoms with van der Waals surface area (Å²) in [5, 5.41) is 8.73. The van der Waals surface area contributed by atoms with E-state index in [1.54, 1.807) is 22.7 Å². The zero-order valence-electron chi connectivity index (χ0n) is 13.4. The smallest absolute Gasteiger partial charge is 0.135 e. The van der Waals surface area contributed by atoms with Crippen LogP contribution in [0.2, 0.25) is 0 Å². The Kier molecular flexibility index (Phi) is 3.59. The molecule has 1 saturated heterocycles. The van der Waals surface area contributed by atoms with E-state index in [4.69, 9.17) is 4.74 Å². The summed E-state index contributed by atoms with van der Waals surface area (Å²) < 4.78 is 8.69. The van der Waals surface area contributed by atoms with Gasteiger partial charge < -0.3 is 9.30 Å². The Morgan fingerprint density at radius 3 is 2.92 bits per heavy atom. The second-order valence-electron chi connectivity index (χ2n) is 6.72. The van der Waals surface area contributed by atoms with Crippen molar-refractivity contribution in [3.05, 3.63) is 51.2 Å². The summed E-state index contributed by atoms with van der Waals surface area (Å²) in [5.41, 5.74) is 3.85. The van der Waals surface area contributed by atoms with Crippen molar-refractivity contribution in [3.63, 3.8) is 0 Å². The number of rotatable bonds is 3.